The summed E-state index contributed by atoms with van der Waals surface area (Å²) < 4.78 is 16.0. The van der Waals surface area contributed by atoms with Crippen molar-refractivity contribution in [3.8, 4) is 17.2 Å². The van der Waals surface area contributed by atoms with Crippen LogP contribution in [0.5, 0.6) is 17.2 Å². The third-order valence-corrected chi connectivity index (χ3v) is 3.01. The highest BCUT2D eigenvalue weighted by molar-refractivity contribution is 5.63. The van der Waals surface area contributed by atoms with Crippen LogP contribution in [0.15, 0.2) is 12.1 Å². The standard InChI is InChI=1S/C14H24N2O3/c1-10(15)6-7-16(2)11-8-12(17-3)14(19-5)13(9-11)18-4/h8-10H,6-7,15H2,1-5H3. The van der Waals surface area contributed by atoms with E-state index >= 15 is 0 Å². The maximum absolute atomic E-state index is 5.78. The summed E-state index contributed by atoms with van der Waals surface area (Å²) in [6, 6.07) is 4.05. The molecule has 1 aromatic carbocycles. The molecule has 0 spiro atoms. The van der Waals surface area contributed by atoms with Crippen LogP contribution in [0.4, 0.5) is 5.69 Å². The van der Waals surface area contributed by atoms with Crippen LogP contribution in [0.2, 0.25) is 0 Å². The lowest BCUT2D eigenvalue weighted by Gasteiger charge is -2.22. The molecule has 0 saturated carbocycles. The van der Waals surface area contributed by atoms with Crippen LogP contribution < -0.4 is 24.8 Å². The highest BCUT2D eigenvalue weighted by Gasteiger charge is 2.15. The van der Waals surface area contributed by atoms with Crippen LogP contribution in [-0.2, 0) is 0 Å². The molecule has 0 heterocycles. The van der Waals surface area contributed by atoms with E-state index in [9.17, 15) is 0 Å². The van der Waals surface area contributed by atoms with Crippen molar-refractivity contribution in [1.29, 1.82) is 0 Å². The number of ether oxygens (including phenoxy) is 3. The third kappa shape index (κ3) is 3.92. The van der Waals surface area contributed by atoms with E-state index in [0.29, 0.717) is 17.2 Å². The summed E-state index contributed by atoms with van der Waals surface area (Å²) in [6.45, 7) is 2.87. The van der Waals surface area contributed by atoms with E-state index in [4.69, 9.17) is 19.9 Å². The average Bonchev–Trinajstić information content (AvgIpc) is 2.42. The van der Waals surface area contributed by atoms with E-state index in [-0.39, 0.29) is 6.04 Å². The zero-order chi connectivity index (χ0) is 14.4. The lowest BCUT2D eigenvalue weighted by molar-refractivity contribution is 0.324. The second-order valence-corrected chi connectivity index (χ2v) is 4.57. The second kappa shape index (κ2) is 7.09. The van der Waals surface area contributed by atoms with E-state index in [1.807, 2.05) is 26.1 Å². The molecule has 0 saturated heterocycles. The maximum atomic E-state index is 5.78. The Morgan fingerprint density at radius 1 is 1.11 bits per heavy atom. The summed E-state index contributed by atoms with van der Waals surface area (Å²) in [5.74, 6) is 1.92. The highest BCUT2D eigenvalue weighted by Crippen LogP contribution is 2.40. The molecule has 0 aliphatic rings. The smallest absolute Gasteiger partial charge is 0.203 e. The van der Waals surface area contributed by atoms with Gasteiger partial charge in [0, 0.05) is 37.5 Å². The van der Waals surface area contributed by atoms with Crippen molar-refractivity contribution in [1.82, 2.24) is 0 Å². The fourth-order valence-corrected chi connectivity index (χ4v) is 1.81. The quantitative estimate of drug-likeness (QED) is 0.818. The summed E-state index contributed by atoms with van der Waals surface area (Å²) in [7, 11) is 6.84. The van der Waals surface area contributed by atoms with Crippen molar-refractivity contribution in [2.24, 2.45) is 5.73 Å². The molecule has 1 atom stereocenters. The van der Waals surface area contributed by atoms with E-state index in [1.54, 1.807) is 21.3 Å². The van der Waals surface area contributed by atoms with Crippen molar-refractivity contribution < 1.29 is 14.2 Å². The molecule has 1 aromatic rings. The van der Waals surface area contributed by atoms with Crippen molar-refractivity contribution in [3.63, 3.8) is 0 Å². The predicted molar refractivity (Wildman–Crippen MR) is 77.6 cm³/mol. The first kappa shape index (κ1) is 15.4. The maximum Gasteiger partial charge on any atom is 0.203 e. The molecule has 0 aromatic heterocycles. The fourth-order valence-electron chi connectivity index (χ4n) is 1.81. The Hall–Kier alpha value is -1.62. The van der Waals surface area contributed by atoms with Gasteiger partial charge in [-0.1, -0.05) is 0 Å². The van der Waals surface area contributed by atoms with Gasteiger partial charge in [0.25, 0.3) is 0 Å². The second-order valence-electron chi connectivity index (χ2n) is 4.57. The predicted octanol–water partition coefficient (Wildman–Crippen LogP) is 1.89. The van der Waals surface area contributed by atoms with Crippen LogP contribution in [-0.4, -0.2) is 41.0 Å². The van der Waals surface area contributed by atoms with Gasteiger partial charge in [-0.05, 0) is 13.3 Å². The number of benzene rings is 1. The van der Waals surface area contributed by atoms with Gasteiger partial charge in [0.2, 0.25) is 5.75 Å². The SMILES string of the molecule is COc1cc(N(C)CCC(C)N)cc(OC)c1OC. The van der Waals surface area contributed by atoms with Crippen LogP contribution in [0.1, 0.15) is 13.3 Å². The third-order valence-electron chi connectivity index (χ3n) is 3.01. The number of hydrogen-bond donors (Lipinski definition) is 1. The number of rotatable bonds is 7. The number of hydrogen-bond acceptors (Lipinski definition) is 5. The summed E-state index contributed by atoms with van der Waals surface area (Å²) in [5.41, 5.74) is 6.79. The minimum Gasteiger partial charge on any atom is -0.493 e. The molecule has 19 heavy (non-hydrogen) atoms. The van der Waals surface area contributed by atoms with Crippen molar-refractivity contribution in [2.75, 3.05) is 39.8 Å². The van der Waals surface area contributed by atoms with E-state index in [2.05, 4.69) is 4.90 Å². The van der Waals surface area contributed by atoms with Crippen molar-refractivity contribution in [3.05, 3.63) is 12.1 Å². The van der Waals surface area contributed by atoms with Crippen molar-refractivity contribution >= 4 is 5.69 Å². The Kier molecular flexibility index (Phi) is 5.76. The topological polar surface area (TPSA) is 57.0 Å². The van der Waals surface area contributed by atoms with E-state index < -0.39 is 0 Å². The first-order valence-electron chi connectivity index (χ1n) is 6.30. The van der Waals surface area contributed by atoms with Gasteiger partial charge in [0.05, 0.1) is 21.3 Å². The molecular weight excluding hydrogens is 244 g/mol. The van der Waals surface area contributed by atoms with E-state index in [1.165, 1.54) is 0 Å². The Labute approximate surface area is 115 Å². The van der Waals surface area contributed by atoms with Crippen LogP contribution in [0, 0.1) is 0 Å². The molecular formula is C14H24N2O3. The normalized spacial score (nSPS) is 11.9. The van der Waals surface area contributed by atoms with Gasteiger partial charge in [-0.3, -0.25) is 0 Å². The Morgan fingerprint density at radius 3 is 2.00 bits per heavy atom. The Bertz CT molecular complexity index is 383. The first-order valence-corrected chi connectivity index (χ1v) is 6.30. The Morgan fingerprint density at radius 2 is 1.63 bits per heavy atom. The molecule has 1 unspecified atom stereocenters. The van der Waals surface area contributed by atoms with Gasteiger partial charge < -0.3 is 24.8 Å². The van der Waals surface area contributed by atoms with Gasteiger partial charge in [-0.25, -0.2) is 0 Å². The lowest BCUT2D eigenvalue weighted by atomic mass is 10.2. The molecule has 0 aliphatic carbocycles. The summed E-state index contributed by atoms with van der Waals surface area (Å²) in [4.78, 5) is 2.12. The molecule has 108 valence electrons. The summed E-state index contributed by atoms with van der Waals surface area (Å²) in [6.07, 6.45) is 0.924. The molecule has 0 aliphatic heterocycles. The number of anilines is 1. The monoisotopic (exact) mass is 268 g/mol. The van der Waals surface area contributed by atoms with Gasteiger partial charge in [-0.2, -0.15) is 0 Å². The first-order chi connectivity index (χ1) is 9.03. The highest BCUT2D eigenvalue weighted by atomic mass is 16.5. The van der Waals surface area contributed by atoms with Crippen LogP contribution in [0.25, 0.3) is 0 Å². The van der Waals surface area contributed by atoms with Crippen molar-refractivity contribution in [2.45, 2.75) is 19.4 Å². The summed E-state index contributed by atoms with van der Waals surface area (Å²) in [5, 5.41) is 0. The molecule has 0 fully saturated rings. The molecule has 2 N–H and O–H groups in total. The van der Waals surface area contributed by atoms with E-state index in [0.717, 1.165) is 18.7 Å². The number of nitrogens with two attached hydrogens (primary N) is 1. The minimum absolute atomic E-state index is 0.185. The fraction of sp³-hybridized carbons (Fsp3) is 0.571. The molecule has 0 bridgehead atoms. The number of nitrogens with zero attached hydrogens (tertiary/aromatic N) is 1. The number of methoxy groups -OCH3 is 3. The van der Waals surface area contributed by atoms with Gasteiger partial charge in [0.1, 0.15) is 0 Å². The zero-order valence-corrected chi connectivity index (χ0v) is 12.4. The lowest BCUT2D eigenvalue weighted by Crippen LogP contribution is -2.25. The molecule has 5 nitrogen and oxygen atoms in total. The van der Waals surface area contributed by atoms with Gasteiger partial charge in [-0.15, -0.1) is 0 Å². The molecule has 5 heteroatoms. The Balaban J connectivity index is 3.01. The zero-order valence-electron chi connectivity index (χ0n) is 12.4. The van der Waals surface area contributed by atoms with Crippen LogP contribution >= 0.6 is 0 Å². The summed E-state index contributed by atoms with van der Waals surface area (Å²) >= 11 is 0. The van der Waals surface area contributed by atoms with Gasteiger partial charge in [0.15, 0.2) is 11.5 Å². The van der Waals surface area contributed by atoms with Gasteiger partial charge >= 0.3 is 0 Å². The molecule has 1 rings (SSSR count). The molecule has 0 radical (unpaired) electrons. The largest absolute Gasteiger partial charge is 0.493 e. The average molecular weight is 268 g/mol. The van der Waals surface area contributed by atoms with Crippen LogP contribution in [0.3, 0.4) is 0 Å². The minimum atomic E-state index is 0.185. The molecule has 0 amide bonds.